The summed E-state index contributed by atoms with van der Waals surface area (Å²) in [4.78, 5) is 2.09. The highest BCUT2D eigenvalue weighted by Gasteiger charge is 1.98. The summed E-state index contributed by atoms with van der Waals surface area (Å²) in [6.07, 6.45) is 0. The van der Waals surface area contributed by atoms with Gasteiger partial charge in [0.1, 0.15) is 0 Å². The van der Waals surface area contributed by atoms with E-state index in [1.807, 2.05) is 31.3 Å². The van der Waals surface area contributed by atoms with Crippen LogP contribution in [-0.2, 0) is 11.3 Å². The molecule has 0 unspecified atom stereocenters. The lowest BCUT2D eigenvalue weighted by Crippen LogP contribution is -2.19. The molecule has 3 heteroatoms. The van der Waals surface area contributed by atoms with Crippen molar-refractivity contribution in [2.45, 2.75) is 6.54 Å². The third-order valence-electron chi connectivity index (χ3n) is 1.72. The van der Waals surface area contributed by atoms with Crippen molar-refractivity contribution >= 4 is 11.6 Å². The Morgan fingerprint density at radius 2 is 1.92 bits per heavy atom. The summed E-state index contributed by atoms with van der Waals surface area (Å²) < 4.78 is 5.00. The van der Waals surface area contributed by atoms with Crippen molar-refractivity contribution in [1.82, 2.24) is 4.90 Å². The van der Waals surface area contributed by atoms with Crippen molar-refractivity contribution in [3.05, 3.63) is 34.9 Å². The average molecular weight is 200 g/mol. The minimum Gasteiger partial charge on any atom is -0.369 e. The molecule has 0 aliphatic carbocycles. The van der Waals surface area contributed by atoms with Gasteiger partial charge < -0.3 is 4.74 Å². The number of methoxy groups -OCH3 is 1. The van der Waals surface area contributed by atoms with Crippen molar-refractivity contribution < 1.29 is 4.74 Å². The first-order chi connectivity index (χ1) is 6.22. The van der Waals surface area contributed by atoms with Crippen LogP contribution >= 0.6 is 11.6 Å². The van der Waals surface area contributed by atoms with Gasteiger partial charge in [0.05, 0.1) is 6.73 Å². The van der Waals surface area contributed by atoms with Gasteiger partial charge in [-0.25, -0.2) is 0 Å². The first-order valence-electron chi connectivity index (χ1n) is 4.14. The van der Waals surface area contributed by atoms with Crippen LogP contribution in [0.3, 0.4) is 0 Å². The van der Waals surface area contributed by atoms with E-state index in [-0.39, 0.29) is 0 Å². The molecule has 2 nitrogen and oxygen atoms in total. The smallest absolute Gasteiger partial charge is 0.0986 e. The number of hydrogen-bond acceptors (Lipinski definition) is 2. The molecule has 1 aromatic carbocycles. The SMILES string of the molecule is COCN(C)Cc1ccc(Cl)cc1. The average Bonchev–Trinajstić information content (AvgIpc) is 2.09. The molecule has 1 aromatic rings. The quantitative estimate of drug-likeness (QED) is 0.691. The lowest BCUT2D eigenvalue weighted by atomic mass is 10.2. The van der Waals surface area contributed by atoms with Crippen molar-refractivity contribution in [2.24, 2.45) is 0 Å². The Balaban J connectivity index is 2.49. The van der Waals surface area contributed by atoms with Gasteiger partial charge in [-0.3, -0.25) is 4.90 Å². The molecule has 72 valence electrons. The lowest BCUT2D eigenvalue weighted by molar-refractivity contribution is 0.0771. The van der Waals surface area contributed by atoms with Gasteiger partial charge in [0.2, 0.25) is 0 Å². The fraction of sp³-hybridized carbons (Fsp3) is 0.400. The second-order valence-electron chi connectivity index (χ2n) is 3.06. The van der Waals surface area contributed by atoms with Gasteiger partial charge >= 0.3 is 0 Å². The Labute approximate surface area is 84.1 Å². The van der Waals surface area contributed by atoms with Gasteiger partial charge in [0.15, 0.2) is 0 Å². The molecule has 0 N–H and O–H groups in total. The second-order valence-corrected chi connectivity index (χ2v) is 3.49. The van der Waals surface area contributed by atoms with Crippen LogP contribution in [0.15, 0.2) is 24.3 Å². The van der Waals surface area contributed by atoms with Crippen LogP contribution in [0.4, 0.5) is 0 Å². The number of hydrogen-bond donors (Lipinski definition) is 0. The Kier molecular flexibility index (Phi) is 4.22. The maximum absolute atomic E-state index is 5.77. The van der Waals surface area contributed by atoms with Crippen LogP contribution in [0.2, 0.25) is 5.02 Å². The number of ether oxygens (including phenoxy) is 1. The van der Waals surface area contributed by atoms with Gasteiger partial charge in [-0.05, 0) is 24.7 Å². The molecule has 0 aliphatic heterocycles. The second kappa shape index (κ2) is 5.22. The van der Waals surface area contributed by atoms with Gasteiger partial charge in [0.25, 0.3) is 0 Å². The molecule has 0 bridgehead atoms. The maximum Gasteiger partial charge on any atom is 0.0986 e. The molecule has 0 aromatic heterocycles. The Morgan fingerprint density at radius 3 is 2.46 bits per heavy atom. The zero-order valence-electron chi connectivity index (χ0n) is 7.96. The van der Waals surface area contributed by atoms with E-state index in [0.717, 1.165) is 11.6 Å². The highest BCUT2D eigenvalue weighted by atomic mass is 35.5. The molecule has 0 saturated carbocycles. The highest BCUT2D eigenvalue weighted by molar-refractivity contribution is 6.30. The zero-order chi connectivity index (χ0) is 9.68. The van der Waals surface area contributed by atoms with Crippen molar-refractivity contribution in [1.29, 1.82) is 0 Å². The molecule has 0 amide bonds. The highest BCUT2D eigenvalue weighted by Crippen LogP contribution is 2.10. The Morgan fingerprint density at radius 1 is 1.31 bits per heavy atom. The number of halogens is 1. The summed E-state index contributed by atoms with van der Waals surface area (Å²) in [5, 5.41) is 0.776. The summed E-state index contributed by atoms with van der Waals surface area (Å²) >= 11 is 5.77. The molecular formula is C10H14ClNO. The van der Waals surface area contributed by atoms with E-state index in [1.54, 1.807) is 7.11 Å². The Bertz CT molecular complexity index is 248. The van der Waals surface area contributed by atoms with E-state index in [0.29, 0.717) is 6.73 Å². The van der Waals surface area contributed by atoms with Crippen LogP contribution in [0, 0.1) is 0 Å². The fourth-order valence-corrected chi connectivity index (χ4v) is 1.29. The van der Waals surface area contributed by atoms with Gasteiger partial charge in [-0.1, -0.05) is 23.7 Å². The van der Waals surface area contributed by atoms with Gasteiger partial charge in [0, 0.05) is 18.7 Å². The predicted octanol–water partition coefficient (Wildman–Crippen LogP) is 2.38. The maximum atomic E-state index is 5.77. The largest absolute Gasteiger partial charge is 0.369 e. The van der Waals surface area contributed by atoms with Crippen molar-refractivity contribution in [3.8, 4) is 0 Å². The standard InChI is InChI=1S/C10H14ClNO/c1-12(8-13-2)7-9-3-5-10(11)6-4-9/h3-6H,7-8H2,1-2H3. The lowest BCUT2D eigenvalue weighted by Gasteiger charge is -2.14. The van der Waals surface area contributed by atoms with Crippen molar-refractivity contribution in [2.75, 3.05) is 20.9 Å². The predicted molar refractivity (Wildman–Crippen MR) is 54.8 cm³/mol. The zero-order valence-corrected chi connectivity index (χ0v) is 8.71. The monoisotopic (exact) mass is 199 g/mol. The number of rotatable bonds is 4. The van der Waals surface area contributed by atoms with Crippen LogP contribution < -0.4 is 0 Å². The molecular weight excluding hydrogens is 186 g/mol. The summed E-state index contributed by atoms with van der Waals surface area (Å²) in [6, 6.07) is 7.85. The number of nitrogens with zero attached hydrogens (tertiary/aromatic N) is 1. The molecule has 13 heavy (non-hydrogen) atoms. The van der Waals surface area contributed by atoms with Gasteiger partial charge in [-0.2, -0.15) is 0 Å². The van der Waals surface area contributed by atoms with E-state index in [9.17, 15) is 0 Å². The van der Waals surface area contributed by atoms with E-state index in [2.05, 4.69) is 4.90 Å². The summed E-state index contributed by atoms with van der Waals surface area (Å²) in [5.74, 6) is 0. The van der Waals surface area contributed by atoms with Gasteiger partial charge in [-0.15, -0.1) is 0 Å². The summed E-state index contributed by atoms with van der Waals surface area (Å²) in [6.45, 7) is 1.52. The third-order valence-corrected chi connectivity index (χ3v) is 1.97. The Hall–Kier alpha value is -0.570. The number of benzene rings is 1. The van der Waals surface area contributed by atoms with Crippen molar-refractivity contribution in [3.63, 3.8) is 0 Å². The van der Waals surface area contributed by atoms with Crippen LogP contribution in [-0.4, -0.2) is 25.8 Å². The minimum absolute atomic E-state index is 0.641. The fourth-order valence-electron chi connectivity index (χ4n) is 1.17. The molecule has 0 fully saturated rings. The minimum atomic E-state index is 0.641. The van der Waals surface area contributed by atoms with Crippen LogP contribution in [0.1, 0.15) is 5.56 Å². The molecule has 0 radical (unpaired) electrons. The molecule has 0 atom stereocenters. The summed E-state index contributed by atoms with van der Waals surface area (Å²) in [7, 11) is 3.70. The molecule has 0 spiro atoms. The van der Waals surface area contributed by atoms with E-state index >= 15 is 0 Å². The van der Waals surface area contributed by atoms with E-state index in [1.165, 1.54) is 5.56 Å². The molecule has 1 rings (SSSR count). The van der Waals surface area contributed by atoms with E-state index in [4.69, 9.17) is 16.3 Å². The topological polar surface area (TPSA) is 12.5 Å². The normalized spacial score (nSPS) is 10.8. The molecule has 0 aliphatic rings. The van der Waals surface area contributed by atoms with Crippen LogP contribution in [0.5, 0.6) is 0 Å². The van der Waals surface area contributed by atoms with Crippen LogP contribution in [0.25, 0.3) is 0 Å². The molecule has 0 heterocycles. The first-order valence-corrected chi connectivity index (χ1v) is 4.52. The third kappa shape index (κ3) is 3.77. The first kappa shape index (κ1) is 10.5. The van der Waals surface area contributed by atoms with E-state index < -0.39 is 0 Å². The summed E-state index contributed by atoms with van der Waals surface area (Å²) in [5.41, 5.74) is 1.24. The molecule has 0 saturated heterocycles.